The highest BCUT2D eigenvalue weighted by molar-refractivity contribution is 5.49. The van der Waals surface area contributed by atoms with Crippen molar-refractivity contribution in [3.8, 4) is 11.5 Å². The van der Waals surface area contributed by atoms with Crippen LogP contribution in [0.25, 0.3) is 0 Å². The number of benzene rings is 1. The lowest BCUT2D eigenvalue weighted by Crippen LogP contribution is -2.10. The van der Waals surface area contributed by atoms with Gasteiger partial charge in [0.25, 0.3) is 0 Å². The average molecular weight is 290 g/mol. The van der Waals surface area contributed by atoms with Crippen molar-refractivity contribution in [2.75, 3.05) is 14.2 Å². The summed E-state index contributed by atoms with van der Waals surface area (Å²) in [4.78, 5) is 4.39. The standard InChI is InChI=1S/C16H22N2O3/c1-10(2)16-17-9-12(18(16)3)14(19)11-7-6-8-13(20-4)15(11)21-5/h6-10,14,19H,1-5H3/t14-/m0/s1. The van der Waals surface area contributed by atoms with Gasteiger partial charge in [-0.2, -0.15) is 0 Å². The van der Waals surface area contributed by atoms with E-state index in [-0.39, 0.29) is 0 Å². The summed E-state index contributed by atoms with van der Waals surface area (Å²) >= 11 is 0. The predicted octanol–water partition coefficient (Wildman–Crippen LogP) is 2.64. The van der Waals surface area contributed by atoms with Gasteiger partial charge in [-0.1, -0.05) is 26.0 Å². The Morgan fingerprint density at radius 2 is 1.90 bits per heavy atom. The van der Waals surface area contributed by atoms with Crippen LogP contribution in [0.3, 0.4) is 0 Å². The fourth-order valence-electron chi connectivity index (χ4n) is 2.51. The zero-order valence-corrected chi connectivity index (χ0v) is 13.1. The molecule has 0 bridgehead atoms. The molecule has 0 saturated carbocycles. The number of para-hydroxylation sites is 1. The number of rotatable bonds is 5. The molecule has 0 aliphatic rings. The van der Waals surface area contributed by atoms with Crippen molar-refractivity contribution >= 4 is 0 Å². The smallest absolute Gasteiger partial charge is 0.166 e. The number of methoxy groups -OCH3 is 2. The first-order valence-corrected chi connectivity index (χ1v) is 6.91. The molecule has 0 spiro atoms. The largest absolute Gasteiger partial charge is 0.493 e. The Morgan fingerprint density at radius 1 is 1.19 bits per heavy atom. The third kappa shape index (κ3) is 2.74. The van der Waals surface area contributed by atoms with Crippen molar-refractivity contribution in [2.24, 2.45) is 7.05 Å². The van der Waals surface area contributed by atoms with Gasteiger partial charge in [-0.3, -0.25) is 0 Å². The van der Waals surface area contributed by atoms with E-state index in [1.54, 1.807) is 26.5 Å². The molecule has 1 N–H and O–H groups in total. The molecule has 0 radical (unpaired) electrons. The van der Waals surface area contributed by atoms with Crippen LogP contribution in [0.1, 0.15) is 43.0 Å². The van der Waals surface area contributed by atoms with Crippen molar-refractivity contribution in [2.45, 2.75) is 25.9 Å². The number of hydrogen-bond acceptors (Lipinski definition) is 4. The van der Waals surface area contributed by atoms with Gasteiger partial charge in [-0.05, 0) is 6.07 Å². The van der Waals surface area contributed by atoms with E-state index in [1.807, 2.05) is 23.7 Å². The maximum atomic E-state index is 10.7. The molecule has 21 heavy (non-hydrogen) atoms. The molecule has 0 fully saturated rings. The topological polar surface area (TPSA) is 56.5 Å². The summed E-state index contributed by atoms with van der Waals surface area (Å²) in [6, 6.07) is 5.46. The number of nitrogens with zero attached hydrogens (tertiary/aromatic N) is 2. The first-order valence-electron chi connectivity index (χ1n) is 6.91. The Hall–Kier alpha value is -2.01. The van der Waals surface area contributed by atoms with Gasteiger partial charge in [-0.25, -0.2) is 4.98 Å². The second kappa shape index (κ2) is 6.18. The Labute approximate surface area is 125 Å². The van der Waals surface area contributed by atoms with Crippen LogP contribution in [0.5, 0.6) is 11.5 Å². The van der Waals surface area contributed by atoms with Crippen LogP contribution in [0.4, 0.5) is 0 Å². The molecule has 2 rings (SSSR count). The molecule has 1 aromatic heterocycles. The quantitative estimate of drug-likeness (QED) is 0.919. The molecule has 2 aromatic rings. The van der Waals surface area contributed by atoms with Crippen LogP contribution in [0.15, 0.2) is 24.4 Å². The predicted molar refractivity (Wildman–Crippen MR) is 80.9 cm³/mol. The highest BCUT2D eigenvalue weighted by Crippen LogP contribution is 2.37. The molecule has 0 aliphatic heterocycles. The molecule has 5 nitrogen and oxygen atoms in total. The van der Waals surface area contributed by atoms with E-state index in [4.69, 9.17) is 9.47 Å². The number of hydrogen-bond donors (Lipinski definition) is 1. The van der Waals surface area contributed by atoms with E-state index < -0.39 is 6.10 Å². The summed E-state index contributed by atoms with van der Waals surface area (Å²) in [6.45, 7) is 4.15. The molecule has 0 unspecified atom stereocenters. The Morgan fingerprint density at radius 3 is 2.43 bits per heavy atom. The molecule has 0 amide bonds. The minimum Gasteiger partial charge on any atom is -0.493 e. The summed E-state index contributed by atoms with van der Waals surface area (Å²) in [5.74, 6) is 2.37. The second-order valence-corrected chi connectivity index (χ2v) is 5.24. The average Bonchev–Trinajstić information content (AvgIpc) is 2.87. The van der Waals surface area contributed by atoms with Crippen molar-refractivity contribution in [1.29, 1.82) is 0 Å². The number of aromatic nitrogens is 2. The highest BCUT2D eigenvalue weighted by Gasteiger charge is 2.22. The molecule has 1 aromatic carbocycles. The van der Waals surface area contributed by atoms with E-state index in [9.17, 15) is 5.11 Å². The van der Waals surface area contributed by atoms with Gasteiger partial charge in [-0.15, -0.1) is 0 Å². The number of ether oxygens (including phenoxy) is 2. The summed E-state index contributed by atoms with van der Waals surface area (Å²) < 4.78 is 12.6. The third-order valence-electron chi connectivity index (χ3n) is 3.58. The van der Waals surface area contributed by atoms with Crippen LogP contribution >= 0.6 is 0 Å². The van der Waals surface area contributed by atoms with Crippen LogP contribution in [0, 0.1) is 0 Å². The van der Waals surface area contributed by atoms with E-state index in [2.05, 4.69) is 18.8 Å². The zero-order chi connectivity index (χ0) is 15.6. The van der Waals surface area contributed by atoms with E-state index in [0.29, 0.717) is 23.0 Å². The number of aliphatic hydroxyl groups is 1. The molecule has 114 valence electrons. The lowest BCUT2D eigenvalue weighted by molar-refractivity contribution is 0.204. The number of imidazole rings is 1. The van der Waals surface area contributed by atoms with Crippen LogP contribution in [-0.4, -0.2) is 28.9 Å². The molecule has 0 saturated heterocycles. The maximum Gasteiger partial charge on any atom is 0.166 e. The minimum atomic E-state index is -0.819. The summed E-state index contributed by atoms with van der Waals surface area (Å²) in [5, 5.41) is 10.7. The van der Waals surface area contributed by atoms with Crippen LogP contribution in [-0.2, 0) is 7.05 Å². The van der Waals surface area contributed by atoms with Gasteiger partial charge in [0.1, 0.15) is 11.9 Å². The summed E-state index contributed by atoms with van der Waals surface area (Å²) in [6.07, 6.45) is 0.888. The lowest BCUT2D eigenvalue weighted by atomic mass is 10.0. The molecule has 5 heteroatoms. The summed E-state index contributed by atoms with van der Waals surface area (Å²) in [5.41, 5.74) is 1.39. The van der Waals surface area contributed by atoms with Crippen molar-refractivity contribution in [1.82, 2.24) is 9.55 Å². The van der Waals surface area contributed by atoms with E-state index in [0.717, 1.165) is 11.5 Å². The number of aliphatic hydroxyl groups excluding tert-OH is 1. The first kappa shape index (κ1) is 15.4. The van der Waals surface area contributed by atoms with Crippen molar-refractivity contribution in [3.05, 3.63) is 41.5 Å². The van der Waals surface area contributed by atoms with Crippen LogP contribution < -0.4 is 9.47 Å². The maximum absolute atomic E-state index is 10.7. The second-order valence-electron chi connectivity index (χ2n) is 5.24. The zero-order valence-electron chi connectivity index (χ0n) is 13.1. The van der Waals surface area contributed by atoms with Gasteiger partial charge in [0.2, 0.25) is 0 Å². The first-order chi connectivity index (χ1) is 10.0. The van der Waals surface area contributed by atoms with Crippen LogP contribution in [0.2, 0.25) is 0 Å². The van der Waals surface area contributed by atoms with E-state index >= 15 is 0 Å². The normalized spacial score (nSPS) is 12.5. The van der Waals surface area contributed by atoms with E-state index in [1.165, 1.54) is 0 Å². The molecule has 1 atom stereocenters. The van der Waals surface area contributed by atoms with Gasteiger partial charge in [0.05, 0.1) is 26.1 Å². The summed E-state index contributed by atoms with van der Waals surface area (Å²) in [7, 11) is 5.05. The molecule has 0 aliphatic carbocycles. The molecular weight excluding hydrogens is 268 g/mol. The van der Waals surface area contributed by atoms with Gasteiger partial charge >= 0.3 is 0 Å². The minimum absolute atomic E-state index is 0.295. The van der Waals surface area contributed by atoms with Crippen molar-refractivity contribution in [3.63, 3.8) is 0 Å². The monoisotopic (exact) mass is 290 g/mol. The lowest BCUT2D eigenvalue weighted by Gasteiger charge is -2.18. The fourth-order valence-corrected chi connectivity index (χ4v) is 2.51. The molecule has 1 heterocycles. The third-order valence-corrected chi connectivity index (χ3v) is 3.58. The molecular formula is C16H22N2O3. The van der Waals surface area contributed by atoms with Crippen molar-refractivity contribution < 1.29 is 14.6 Å². The Balaban J connectivity index is 2.47. The Kier molecular flexibility index (Phi) is 4.53. The Bertz CT molecular complexity index is 620. The van der Waals surface area contributed by atoms with Gasteiger partial charge in [0, 0.05) is 18.5 Å². The van der Waals surface area contributed by atoms with Gasteiger partial charge < -0.3 is 19.1 Å². The van der Waals surface area contributed by atoms with Gasteiger partial charge in [0.15, 0.2) is 11.5 Å². The fraction of sp³-hybridized carbons (Fsp3) is 0.438. The highest BCUT2D eigenvalue weighted by atomic mass is 16.5. The SMILES string of the molecule is COc1cccc([C@H](O)c2cnc(C(C)C)n2C)c1OC.